The first-order valence-corrected chi connectivity index (χ1v) is 16.7. The minimum atomic E-state index is -0.944. The SMILES string of the molecule is C/C(=C\CC[C@](C)(O)[C@H]1CC[C@H]([C@@](C)(O)CC/C=C(\C)CC[C@@H]2OC(C)(C)OC2(C)C)O1)CC[C@@H]1OC(C)(C)OC1(C)C. The smallest absolute Gasteiger partial charge is 0.164 e. The summed E-state index contributed by atoms with van der Waals surface area (Å²) >= 11 is 0. The molecule has 0 radical (unpaired) electrons. The Labute approximate surface area is 262 Å². The number of hydrogen-bond donors (Lipinski definition) is 2. The van der Waals surface area contributed by atoms with Crippen LogP contribution in [-0.2, 0) is 23.7 Å². The monoisotopic (exact) mass is 608 g/mol. The molecule has 0 aliphatic carbocycles. The van der Waals surface area contributed by atoms with Crippen molar-refractivity contribution >= 4 is 0 Å². The van der Waals surface area contributed by atoms with E-state index in [2.05, 4.69) is 53.7 Å². The molecular weight excluding hydrogens is 544 g/mol. The van der Waals surface area contributed by atoms with Crippen LogP contribution in [0.4, 0.5) is 0 Å². The molecule has 3 rings (SSSR count). The standard InChI is InChI=1S/C36H64O7/c1-25(17-19-27-31(3,4)42-33(7,8)40-27)15-13-23-35(11,37)29-21-22-30(39-29)36(12,38)24-14-16-26(2)18-20-28-32(5,6)43-34(9,10)41-28/h15-16,27-30,37-38H,13-14,17-24H2,1-12H3/b25-15+,26-16+/t27-,28-,29+,30+,35-,36-/m0/s1. The molecule has 0 saturated carbocycles. The van der Waals surface area contributed by atoms with Crippen LogP contribution in [0.15, 0.2) is 23.3 Å². The van der Waals surface area contributed by atoms with Crippen LogP contribution >= 0.6 is 0 Å². The third-order valence-electron chi connectivity index (χ3n) is 9.72. The molecule has 3 saturated heterocycles. The number of aliphatic hydroxyl groups is 2. The summed E-state index contributed by atoms with van der Waals surface area (Å²) in [6.45, 7) is 24.3. The van der Waals surface area contributed by atoms with Gasteiger partial charge in [0.25, 0.3) is 0 Å². The van der Waals surface area contributed by atoms with E-state index in [0.29, 0.717) is 12.8 Å². The van der Waals surface area contributed by atoms with Crippen LogP contribution < -0.4 is 0 Å². The summed E-state index contributed by atoms with van der Waals surface area (Å²) in [4.78, 5) is 0. The Bertz CT molecular complexity index is 910. The number of hydrogen-bond acceptors (Lipinski definition) is 7. The summed E-state index contributed by atoms with van der Waals surface area (Å²) in [7, 11) is 0. The van der Waals surface area contributed by atoms with Crippen LogP contribution in [0.3, 0.4) is 0 Å². The van der Waals surface area contributed by atoms with Gasteiger partial charge in [0.15, 0.2) is 11.6 Å². The van der Waals surface area contributed by atoms with Crippen molar-refractivity contribution < 1.29 is 33.9 Å². The molecule has 3 fully saturated rings. The largest absolute Gasteiger partial charge is 0.387 e. The van der Waals surface area contributed by atoms with Crippen molar-refractivity contribution in [3.05, 3.63) is 23.3 Å². The van der Waals surface area contributed by atoms with E-state index in [-0.39, 0.29) is 35.6 Å². The Morgan fingerprint density at radius 3 is 1.33 bits per heavy atom. The molecule has 7 nitrogen and oxygen atoms in total. The van der Waals surface area contributed by atoms with E-state index in [0.717, 1.165) is 51.4 Å². The van der Waals surface area contributed by atoms with Crippen LogP contribution in [-0.4, -0.2) is 68.6 Å². The van der Waals surface area contributed by atoms with Crippen LogP contribution in [0, 0.1) is 0 Å². The van der Waals surface area contributed by atoms with E-state index in [9.17, 15) is 10.2 Å². The second-order valence-electron chi connectivity index (χ2n) is 16.1. The zero-order valence-corrected chi connectivity index (χ0v) is 29.5. The van der Waals surface area contributed by atoms with Gasteiger partial charge in [0.2, 0.25) is 0 Å². The van der Waals surface area contributed by atoms with Gasteiger partial charge in [0.05, 0.1) is 46.8 Å². The first-order valence-electron chi connectivity index (χ1n) is 16.7. The van der Waals surface area contributed by atoms with E-state index in [1.54, 1.807) is 0 Å². The first-order chi connectivity index (χ1) is 19.5. The molecule has 7 heteroatoms. The Hall–Kier alpha value is -0.800. The lowest BCUT2D eigenvalue weighted by atomic mass is 9.88. The zero-order valence-electron chi connectivity index (χ0n) is 29.5. The molecule has 3 aliphatic rings. The summed E-state index contributed by atoms with van der Waals surface area (Å²) in [5.74, 6) is -1.08. The Kier molecular flexibility index (Phi) is 11.5. The van der Waals surface area contributed by atoms with Gasteiger partial charge >= 0.3 is 0 Å². The van der Waals surface area contributed by atoms with Crippen LogP contribution in [0.1, 0.15) is 147 Å². The molecule has 250 valence electrons. The second-order valence-corrected chi connectivity index (χ2v) is 16.1. The van der Waals surface area contributed by atoms with Gasteiger partial charge in [0.1, 0.15) is 0 Å². The third-order valence-corrected chi connectivity index (χ3v) is 9.72. The first kappa shape index (κ1) is 36.7. The Morgan fingerprint density at radius 2 is 1.02 bits per heavy atom. The molecule has 0 spiro atoms. The Morgan fingerprint density at radius 1 is 0.674 bits per heavy atom. The fourth-order valence-electron chi connectivity index (χ4n) is 7.25. The van der Waals surface area contributed by atoms with Crippen molar-refractivity contribution in [2.45, 2.75) is 206 Å². The molecule has 0 aromatic rings. The summed E-state index contributed by atoms with van der Waals surface area (Å²) in [5.41, 5.74) is 0.119. The van der Waals surface area contributed by atoms with E-state index >= 15 is 0 Å². The molecule has 2 N–H and O–H groups in total. The van der Waals surface area contributed by atoms with Gasteiger partial charge in [-0.25, -0.2) is 0 Å². The topological polar surface area (TPSA) is 86.6 Å². The fourth-order valence-corrected chi connectivity index (χ4v) is 7.25. The molecule has 43 heavy (non-hydrogen) atoms. The predicted octanol–water partition coefficient (Wildman–Crippen LogP) is 7.91. The van der Waals surface area contributed by atoms with Crippen molar-refractivity contribution in [2.24, 2.45) is 0 Å². The van der Waals surface area contributed by atoms with E-state index < -0.39 is 22.8 Å². The molecule has 3 aliphatic heterocycles. The maximum absolute atomic E-state index is 11.3. The molecular formula is C36H64O7. The highest BCUT2D eigenvalue weighted by molar-refractivity contribution is 5.04. The zero-order chi connectivity index (χ0) is 32.5. The minimum Gasteiger partial charge on any atom is -0.387 e. The fraction of sp³-hybridized carbons (Fsp3) is 0.889. The van der Waals surface area contributed by atoms with Gasteiger partial charge in [0, 0.05) is 0 Å². The molecule has 0 unspecified atom stereocenters. The van der Waals surface area contributed by atoms with Crippen LogP contribution in [0.2, 0.25) is 0 Å². The van der Waals surface area contributed by atoms with Gasteiger partial charge in [-0.2, -0.15) is 0 Å². The molecule has 3 heterocycles. The predicted molar refractivity (Wildman–Crippen MR) is 172 cm³/mol. The second kappa shape index (κ2) is 13.5. The minimum absolute atomic E-state index is 0.0617. The highest BCUT2D eigenvalue weighted by atomic mass is 16.8. The van der Waals surface area contributed by atoms with Crippen molar-refractivity contribution in [3.8, 4) is 0 Å². The van der Waals surface area contributed by atoms with Crippen molar-refractivity contribution in [3.63, 3.8) is 0 Å². The molecule has 0 aromatic carbocycles. The quantitative estimate of drug-likeness (QED) is 0.194. The van der Waals surface area contributed by atoms with Gasteiger partial charge in [-0.1, -0.05) is 23.3 Å². The summed E-state index contributed by atoms with van der Waals surface area (Å²) < 4.78 is 30.7. The van der Waals surface area contributed by atoms with Crippen molar-refractivity contribution in [1.29, 1.82) is 0 Å². The maximum atomic E-state index is 11.3. The van der Waals surface area contributed by atoms with Crippen molar-refractivity contribution in [2.75, 3.05) is 0 Å². The van der Waals surface area contributed by atoms with Gasteiger partial charge in [-0.15, -0.1) is 0 Å². The molecule has 0 aromatic heterocycles. The lowest BCUT2D eigenvalue weighted by Crippen LogP contribution is -2.43. The van der Waals surface area contributed by atoms with Gasteiger partial charge in [-0.3, -0.25) is 0 Å². The summed E-state index contributed by atoms with van der Waals surface area (Å²) in [6.07, 6.45) is 12.1. The number of allylic oxidation sites excluding steroid dienone is 4. The average molecular weight is 609 g/mol. The van der Waals surface area contributed by atoms with E-state index in [1.807, 2.05) is 41.5 Å². The average Bonchev–Trinajstić information content (AvgIpc) is 3.48. The highest BCUT2D eigenvalue weighted by Crippen LogP contribution is 2.40. The number of rotatable bonds is 14. The normalized spacial score (nSPS) is 33.0. The van der Waals surface area contributed by atoms with E-state index in [4.69, 9.17) is 23.7 Å². The molecule has 0 bridgehead atoms. The van der Waals surface area contributed by atoms with Crippen LogP contribution in [0.25, 0.3) is 0 Å². The third kappa shape index (κ3) is 10.4. The summed E-state index contributed by atoms with van der Waals surface area (Å²) in [6, 6.07) is 0. The molecule has 6 atom stereocenters. The van der Waals surface area contributed by atoms with Crippen LogP contribution in [0.5, 0.6) is 0 Å². The number of ether oxygens (including phenoxy) is 5. The lowest BCUT2D eigenvalue weighted by molar-refractivity contribution is -0.158. The summed E-state index contributed by atoms with van der Waals surface area (Å²) in [5, 5.41) is 22.6. The van der Waals surface area contributed by atoms with Crippen molar-refractivity contribution in [1.82, 2.24) is 0 Å². The van der Waals surface area contributed by atoms with E-state index in [1.165, 1.54) is 11.1 Å². The molecule has 0 amide bonds. The highest BCUT2D eigenvalue weighted by Gasteiger charge is 2.48. The van der Waals surface area contributed by atoms with Gasteiger partial charge in [-0.05, 0) is 147 Å². The lowest BCUT2D eigenvalue weighted by Gasteiger charge is -2.33. The van der Waals surface area contributed by atoms with Gasteiger partial charge < -0.3 is 33.9 Å². The maximum Gasteiger partial charge on any atom is 0.164 e. The Balaban J connectivity index is 1.40.